The van der Waals surface area contributed by atoms with E-state index in [1.165, 1.54) is 28.8 Å². The minimum Gasteiger partial charge on any atom is -0.248 e. The summed E-state index contributed by atoms with van der Waals surface area (Å²) in [5, 5.41) is 1.99. The molecule has 4 nitrogen and oxygen atoms in total. The summed E-state index contributed by atoms with van der Waals surface area (Å²) in [7, 11) is -2.17. The van der Waals surface area contributed by atoms with Crippen LogP contribution in [-0.2, 0) is 22.4 Å². The summed E-state index contributed by atoms with van der Waals surface area (Å²) in [6.45, 7) is 0.202. The summed E-state index contributed by atoms with van der Waals surface area (Å²) >= 11 is 13.2. The molecule has 1 aromatic heterocycles. The van der Waals surface area contributed by atoms with Crippen LogP contribution in [0, 0.1) is 0 Å². The Kier molecular flexibility index (Phi) is 5.04. The number of alkyl halides is 1. The van der Waals surface area contributed by atoms with Gasteiger partial charge in [0.15, 0.2) is 0 Å². The van der Waals surface area contributed by atoms with Gasteiger partial charge < -0.3 is 0 Å². The Morgan fingerprint density at radius 1 is 1.40 bits per heavy atom. The first kappa shape index (κ1) is 15.7. The molecule has 1 aromatic carbocycles. The van der Waals surface area contributed by atoms with Crippen LogP contribution in [-0.4, -0.2) is 24.8 Å². The van der Waals surface area contributed by atoms with Gasteiger partial charge in [-0.2, -0.15) is 4.31 Å². The number of hydrogen-bond acceptors (Lipinski definition) is 4. The Balaban J connectivity index is 2.34. The van der Waals surface area contributed by atoms with Gasteiger partial charge >= 0.3 is 0 Å². The number of nitrogens with zero attached hydrogens (tertiary/aromatic N) is 2. The van der Waals surface area contributed by atoms with Crippen molar-refractivity contribution in [2.24, 2.45) is 0 Å². The van der Waals surface area contributed by atoms with E-state index in [1.54, 1.807) is 17.6 Å². The van der Waals surface area contributed by atoms with Crippen LogP contribution in [0.2, 0.25) is 5.02 Å². The lowest BCUT2D eigenvalue weighted by molar-refractivity contribution is 0.463. The third kappa shape index (κ3) is 3.32. The van der Waals surface area contributed by atoms with Crippen LogP contribution in [0.25, 0.3) is 0 Å². The average molecular weight is 351 g/mol. The van der Waals surface area contributed by atoms with Crippen molar-refractivity contribution in [3.05, 3.63) is 45.4 Å². The quantitative estimate of drug-likeness (QED) is 0.776. The van der Waals surface area contributed by atoms with Crippen molar-refractivity contribution in [3.63, 3.8) is 0 Å². The fraction of sp³-hybridized carbons (Fsp3) is 0.250. The van der Waals surface area contributed by atoms with Gasteiger partial charge in [0, 0.05) is 18.3 Å². The summed E-state index contributed by atoms with van der Waals surface area (Å²) in [6, 6.07) is 4.75. The Bertz CT molecular complexity index is 687. The highest BCUT2D eigenvalue weighted by Gasteiger charge is 2.24. The molecule has 0 aliphatic carbocycles. The van der Waals surface area contributed by atoms with E-state index >= 15 is 0 Å². The molecule has 8 heteroatoms. The summed E-state index contributed by atoms with van der Waals surface area (Å²) in [6.07, 6.45) is 0. The molecule has 0 aliphatic heterocycles. The van der Waals surface area contributed by atoms with Gasteiger partial charge in [0.2, 0.25) is 10.0 Å². The first-order valence-electron chi connectivity index (χ1n) is 5.63. The molecule has 0 saturated carbocycles. The zero-order valence-electron chi connectivity index (χ0n) is 10.6. The van der Waals surface area contributed by atoms with Crippen LogP contribution in [0.4, 0.5) is 0 Å². The molecule has 0 aliphatic rings. The van der Waals surface area contributed by atoms with Crippen molar-refractivity contribution in [2.45, 2.75) is 17.3 Å². The molecule has 2 aromatic rings. The van der Waals surface area contributed by atoms with Gasteiger partial charge in [-0.15, -0.1) is 22.9 Å². The van der Waals surface area contributed by atoms with Gasteiger partial charge in [-0.3, -0.25) is 0 Å². The van der Waals surface area contributed by atoms with Gasteiger partial charge in [-0.25, -0.2) is 13.4 Å². The Labute approximate surface area is 132 Å². The van der Waals surface area contributed by atoms with E-state index in [9.17, 15) is 8.42 Å². The number of halogens is 2. The molecule has 0 unspecified atom stereocenters. The normalized spacial score (nSPS) is 12.0. The molecular formula is C12H12Cl2N2O2S2. The molecule has 2 rings (SSSR count). The van der Waals surface area contributed by atoms with Gasteiger partial charge in [-0.1, -0.05) is 17.7 Å². The molecule has 0 fully saturated rings. The SMILES string of the molecule is CN(Cc1cscn1)S(=O)(=O)c1cc(CCl)ccc1Cl. The highest BCUT2D eigenvalue weighted by atomic mass is 35.5. The summed E-state index contributed by atoms with van der Waals surface area (Å²) in [5.41, 5.74) is 3.07. The van der Waals surface area contributed by atoms with E-state index in [-0.39, 0.29) is 22.3 Å². The second kappa shape index (κ2) is 6.41. The Morgan fingerprint density at radius 3 is 2.75 bits per heavy atom. The van der Waals surface area contributed by atoms with Crippen molar-refractivity contribution in [1.82, 2.24) is 9.29 Å². The Hall–Kier alpha value is -0.660. The molecule has 20 heavy (non-hydrogen) atoms. The Morgan fingerprint density at radius 2 is 2.15 bits per heavy atom. The maximum atomic E-state index is 12.5. The largest absolute Gasteiger partial charge is 0.248 e. The topological polar surface area (TPSA) is 50.3 Å². The van der Waals surface area contributed by atoms with Gasteiger partial charge in [0.1, 0.15) is 4.90 Å². The van der Waals surface area contributed by atoms with Crippen LogP contribution >= 0.6 is 34.5 Å². The number of benzene rings is 1. The second-order valence-electron chi connectivity index (χ2n) is 4.14. The molecule has 0 N–H and O–H groups in total. The van der Waals surface area contributed by atoms with Gasteiger partial charge in [-0.05, 0) is 17.7 Å². The molecule has 0 spiro atoms. The molecule has 0 radical (unpaired) electrons. The van der Waals surface area contributed by atoms with Crippen molar-refractivity contribution in [1.29, 1.82) is 0 Å². The predicted octanol–water partition coefficient (Wildman–Crippen LogP) is 3.36. The number of aromatic nitrogens is 1. The number of thiazole rings is 1. The molecule has 0 atom stereocenters. The zero-order valence-corrected chi connectivity index (χ0v) is 13.7. The molecule has 1 heterocycles. The van der Waals surface area contributed by atoms with Crippen LogP contribution in [0.1, 0.15) is 11.3 Å². The summed E-state index contributed by atoms with van der Waals surface area (Å²) in [5.74, 6) is 0.232. The lowest BCUT2D eigenvalue weighted by Crippen LogP contribution is -2.27. The first-order valence-corrected chi connectivity index (χ1v) is 8.92. The molecule has 0 bridgehead atoms. The summed E-state index contributed by atoms with van der Waals surface area (Å²) in [4.78, 5) is 4.14. The molecule has 0 amide bonds. The molecule has 0 saturated heterocycles. The fourth-order valence-corrected chi connectivity index (χ4v) is 4.00. The number of hydrogen-bond donors (Lipinski definition) is 0. The van der Waals surface area contributed by atoms with Crippen LogP contribution in [0.5, 0.6) is 0 Å². The number of rotatable bonds is 5. The van der Waals surface area contributed by atoms with Crippen LogP contribution in [0.15, 0.2) is 34.0 Å². The third-order valence-corrected chi connectivity index (χ3v) is 5.94. The first-order chi connectivity index (χ1) is 9.45. The van der Waals surface area contributed by atoms with Crippen LogP contribution < -0.4 is 0 Å². The maximum Gasteiger partial charge on any atom is 0.244 e. The lowest BCUT2D eigenvalue weighted by atomic mass is 10.2. The third-order valence-electron chi connectivity index (χ3n) is 2.71. The molecule has 108 valence electrons. The standard InChI is InChI=1S/C12H12Cl2N2O2S2/c1-16(6-10-7-19-8-15-10)20(17,18)12-4-9(5-13)2-3-11(12)14/h2-4,7-8H,5-6H2,1H3. The highest BCUT2D eigenvalue weighted by molar-refractivity contribution is 7.89. The highest BCUT2D eigenvalue weighted by Crippen LogP contribution is 2.26. The van der Waals surface area contributed by atoms with Gasteiger partial charge in [0.05, 0.1) is 22.8 Å². The van der Waals surface area contributed by atoms with E-state index in [0.29, 0.717) is 11.3 Å². The lowest BCUT2D eigenvalue weighted by Gasteiger charge is -2.17. The van der Waals surface area contributed by atoms with Gasteiger partial charge in [0.25, 0.3) is 0 Å². The zero-order chi connectivity index (χ0) is 14.8. The predicted molar refractivity (Wildman–Crippen MR) is 81.8 cm³/mol. The van der Waals surface area contributed by atoms with Crippen molar-refractivity contribution < 1.29 is 8.42 Å². The maximum absolute atomic E-state index is 12.5. The van der Waals surface area contributed by atoms with E-state index in [2.05, 4.69) is 4.98 Å². The van der Waals surface area contributed by atoms with Crippen molar-refractivity contribution in [2.75, 3.05) is 7.05 Å². The minimum atomic E-state index is -3.67. The minimum absolute atomic E-state index is 0.0649. The molecular weight excluding hydrogens is 339 g/mol. The van der Waals surface area contributed by atoms with Crippen LogP contribution in [0.3, 0.4) is 0 Å². The van der Waals surface area contributed by atoms with E-state index < -0.39 is 10.0 Å². The fourth-order valence-electron chi connectivity index (χ4n) is 1.63. The van der Waals surface area contributed by atoms with E-state index in [0.717, 1.165) is 0 Å². The van der Waals surface area contributed by atoms with E-state index in [4.69, 9.17) is 23.2 Å². The number of sulfonamides is 1. The van der Waals surface area contributed by atoms with Crippen molar-refractivity contribution in [3.8, 4) is 0 Å². The summed E-state index contributed by atoms with van der Waals surface area (Å²) < 4.78 is 26.3. The average Bonchev–Trinajstić information content (AvgIpc) is 2.92. The second-order valence-corrected chi connectivity index (χ2v) is 7.55. The smallest absolute Gasteiger partial charge is 0.244 e. The van der Waals surface area contributed by atoms with E-state index in [1.807, 2.05) is 5.38 Å². The monoisotopic (exact) mass is 350 g/mol. The van der Waals surface area contributed by atoms with Crippen molar-refractivity contribution >= 4 is 44.6 Å².